The van der Waals surface area contributed by atoms with Crippen LogP contribution in [-0.4, -0.2) is 16.1 Å². The third-order valence-electron chi connectivity index (χ3n) is 1.22. The van der Waals surface area contributed by atoms with E-state index in [1.807, 2.05) is 0 Å². The van der Waals surface area contributed by atoms with E-state index in [1.165, 1.54) is 6.92 Å². The Morgan fingerprint density at radius 2 is 2.33 bits per heavy atom. The predicted octanol–water partition coefficient (Wildman–Crippen LogP) is 0.562. The van der Waals surface area contributed by atoms with E-state index >= 15 is 0 Å². The molecule has 3 N–H and O–H groups in total. The van der Waals surface area contributed by atoms with Gasteiger partial charge in [-0.3, -0.25) is 0 Å². The van der Waals surface area contributed by atoms with Crippen LogP contribution in [0.4, 0.5) is 0 Å². The molecule has 0 spiro atoms. The smallest absolute Gasteiger partial charge is 0.358 e. The second-order valence-electron chi connectivity index (χ2n) is 2.02. The summed E-state index contributed by atoms with van der Waals surface area (Å²) in [5, 5.41) is 8.51. The maximum atomic E-state index is 10.4. The summed E-state index contributed by atoms with van der Waals surface area (Å²) in [4.78, 5) is 14.0. The van der Waals surface area contributed by atoms with Gasteiger partial charge < -0.3 is 15.3 Å². The molecule has 0 saturated carbocycles. The molecule has 0 fully saturated rings. The van der Waals surface area contributed by atoms with Crippen LogP contribution < -0.4 is 5.73 Å². The highest BCUT2D eigenvalue weighted by Crippen LogP contribution is 2.08. The quantitative estimate of drug-likeness (QED) is 0.715. The average Bonchev–Trinajstić information content (AvgIpc) is 2.30. The van der Waals surface area contributed by atoms with Crippen LogP contribution in [0.1, 0.15) is 22.1 Å². The molecule has 0 radical (unpaired) electrons. The van der Waals surface area contributed by atoms with Gasteiger partial charge in [-0.1, -0.05) is 0 Å². The lowest BCUT2D eigenvalue weighted by molar-refractivity contribution is 0.0689. The Hall–Kier alpha value is -1.07. The molecule has 5 nitrogen and oxygen atoms in total. The third-order valence-corrected chi connectivity index (χ3v) is 1.22. The van der Waals surface area contributed by atoms with Crippen molar-refractivity contribution in [1.82, 2.24) is 4.98 Å². The summed E-state index contributed by atoms with van der Waals surface area (Å²) in [6.45, 7) is 1.66. The molecular weight excluding hydrogens is 184 g/mol. The number of aromatic nitrogens is 1. The van der Waals surface area contributed by atoms with Crippen molar-refractivity contribution in [2.24, 2.45) is 5.73 Å². The first kappa shape index (κ1) is 10.9. The molecule has 68 valence electrons. The lowest BCUT2D eigenvalue weighted by Crippen LogP contribution is -2.00. The minimum Gasteiger partial charge on any atom is -0.476 e. The van der Waals surface area contributed by atoms with Crippen LogP contribution in [0.15, 0.2) is 4.42 Å². The molecule has 0 atom stereocenters. The largest absolute Gasteiger partial charge is 0.476 e. The Morgan fingerprint density at radius 1 is 1.75 bits per heavy atom. The number of halogens is 1. The highest BCUT2D eigenvalue weighted by atomic mass is 35.5. The Kier molecular flexibility index (Phi) is 3.72. The molecule has 0 aromatic carbocycles. The van der Waals surface area contributed by atoms with Crippen LogP contribution in [0.5, 0.6) is 0 Å². The Bertz CT molecular complexity index is 284. The number of carboxylic acids is 1. The fourth-order valence-corrected chi connectivity index (χ4v) is 0.737. The lowest BCUT2D eigenvalue weighted by Gasteiger charge is -1.83. The van der Waals surface area contributed by atoms with Crippen LogP contribution in [0.2, 0.25) is 0 Å². The summed E-state index contributed by atoms with van der Waals surface area (Å²) in [5.74, 6) is -0.552. The first-order valence-corrected chi connectivity index (χ1v) is 3.04. The van der Waals surface area contributed by atoms with Gasteiger partial charge in [0.25, 0.3) is 0 Å². The lowest BCUT2D eigenvalue weighted by atomic mass is 10.4. The monoisotopic (exact) mass is 192 g/mol. The maximum absolute atomic E-state index is 10.4. The normalized spacial score (nSPS) is 9.17. The van der Waals surface area contributed by atoms with Gasteiger partial charge in [0.05, 0.1) is 6.54 Å². The van der Waals surface area contributed by atoms with Gasteiger partial charge >= 0.3 is 5.97 Å². The molecule has 0 aliphatic rings. The second-order valence-corrected chi connectivity index (χ2v) is 2.02. The number of aryl methyl sites for hydroxylation is 1. The summed E-state index contributed by atoms with van der Waals surface area (Å²) < 4.78 is 4.91. The zero-order valence-corrected chi connectivity index (χ0v) is 7.22. The van der Waals surface area contributed by atoms with Crippen molar-refractivity contribution < 1.29 is 14.3 Å². The van der Waals surface area contributed by atoms with E-state index in [0.717, 1.165) is 0 Å². The number of carbonyl (C=O) groups is 1. The molecule has 1 rings (SSSR count). The van der Waals surface area contributed by atoms with Crippen molar-refractivity contribution in [3.8, 4) is 0 Å². The Labute approximate surface area is 75.0 Å². The molecule has 0 bridgehead atoms. The van der Waals surface area contributed by atoms with E-state index < -0.39 is 5.97 Å². The SMILES string of the molecule is Cc1oc(CN)nc1C(=O)O.Cl. The van der Waals surface area contributed by atoms with Crippen LogP contribution in [0, 0.1) is 6.92 Å². The van der Waals surface area contributed by atoms with Gasteiger partial charge in [0.2, 0.25) is 5.89 Å². The topological polar surface area (TPSA) is 89.4 Å². The molecule has 0 aliphatic carbocycles. The van der Waals surface area contributed by atoms with E-state index in [9.17, 15) is 4.79 Å². The van der Waals surface area contributed by atoms with Crippen LogP contribution in [0.25, 0.3) is 0 Å². The zero-order valence-electron chi connectivity index (χ0n) is 6.40. The van der Waals surface area contributed by atoms with Crippen molar-refractivity contribution in [2.45, 2.75) is 13.5 Å². The van der Waals surface area contributed by atoms with Crippen LogP contribution in [0.3, 0.4) is 0 Å². The highest BCUT2D eigenvalue weighted by Gasteiger charge is 2.14. The van der Waals surface area contributed by atoms with Gasteiger partial charge in [-0.25, -0.2) is 9.78 Å². The second kappa shape index (κ2) is 4.08. The minimum absolute atomic E-state index is 0. The van der Waals surface area contributed by atoms with Crippen LogP contribution in [-0.2, 0) is 6.54 Å². The fourth-order valence-electron chi connectivity index (χ4n) is 0.737. The third kappa shape index (κ3) is 1.96. The molecule has 1 heterocycles. The van der Waals surface area contributed by atoms with Crippen molar-refractivity contribution in [2.75, 3.05) is 0 Å². The first-order valence-electron chi connectivity index (χ1n) is 3.04. The zero-order chi connectivity index (χ0) is 8.43. The molecule has 1 aromatic heterocycles. The number of carboxylic acid groups (broad SMARTS) is 1. The summed E-state index contributed by atoms with van der Waals surface area (Å²) >= 11 is 0. The van der Waals surface area contributed by atoms with Gasteiger partial charge in [0, 0.05) is 0 Å². The summed E-state index contributed by atoms with van der Waals surface area (Å²) in [7, 11) is 0. The summed E-state index contributed by atoms with van der Waals surface area (Å²) in [5.41, 5.74) is 5.12. The minimum atomic E-state index is -1.09. The van der Waals surface area contributed by atoms with E-state index in [2.05, 4.69) is 4.98 Å². The van der Waals surface area contributed by atoms with Crippen molar-refractivity contribution in [1.29, 1.82) is 0 Å². The maximum Gasteiger partial charge on any atom is 0.358 e. The number of rotatable bonds is 2. The Balaban J connectivity index is 0.00000121. The summed E-state index contributed by atoms with van der Waals surface area (Å²) in [6.07, 6.45) is 0. The number of nitrogens with two attached hydrogens (primary N) is 1. The van der Waals surface area contributed by atoms with Crippen molar-refractivity contribution in [3.63, 3.8) is 0 Å². The molecule has 0 saturated heterocycles. The highest BCUT2D eigenvalue weighted by molar-refractivity contribution is 5.86. The van der Waals surface area contributed by atoms with E-state index in [0.29, 0.717) is 0 Å². The fraction of sp³-hybridized carbons (Fsp3) is 0.333. The van der Waals surface area contributed by atoms with Gasteiger partial charge in [0.15, 0.2) is 5.69 Å². The van der Waals surface area contributed by atoms with Crippen LogP contribution >= 0.6 is 12.4 Å². The number of aromatic carboxylic acids is 1. The first-order chi connectivity index (χ1) is 5.15. The van der Waals surface area contributed by atoms with Crippen molar-refractivity contribution >= 4 is 18.4 Å². The number of hydrogen-bond acceptors (Lipinski definition) is 4. The number of nitrogens with zero attached hydrogens (tertiary/aromatic N) is 1. The van der Waals surface area contributed by atoms with Gasteiger partial charge in [-0.2, -0.15) is 0 Å². The van der Waals surface area contributed by atoms with Gasteiger partial charge in [-0.05, 0) is 6.92 Å². The summed E-state index contributed by atoms with van der Waals surface area (Å²) in [6, 6.07) is 0. The van der Waals surface area contributed by atoms with E-state index in [1.54, 1.807) is 0 Å². The Morgan fingerprint density at radius 3 is 2.58 bits per heavy atom. The molecule has 0 aliphatic heterocycles. The van der Waals surface area contributed by atoms with E-state index in [-0.39, 0.29) is 36.3 Å². The average molecular weight is 193 g/mol. The molecule has 0 unspecified atom stereocenters. The molecule has 0 amide bonds. The molecule has 1 aromatic rings. The molecular formula is C6H9ClN2O3. The van der Waals surface area contributed by atoms with E-state index in [4.69, 9.17) is 15.3 Å². The van der Waals surface area contributed by atoms with Gasteiger partial charge in [0.1, 0.15) is 5.76 Å². The molecule has 12 heavy (non-hydrogen) atoms. The van der Waals surface area contributed by atoms with Gasteiger partial charge in [-0.15, -0.1) is 12.4 Å². The standard InChI is InChI=1S/C6H8N2O3.ClH/c1-3-5(6(9)10)8-4(2-7)11-3;/h2,7H2,1H3,(H,9,10);1H. The predicted molar refractivity (Wildman–Crippen MR) is 43.3 cm³/mol. The van der Waals surface area contributed by atoms with Crippen molar-refractivity contribution in [3.05, 3.63) is 17.3 Å². The number of oxazole rings is 1. The molecule has 6 heteroatoms. The number of hydrogen-bond donors (Lipinski definition) is 2.